The van der Waals surface area contributed by atoms with E-state index in [0.29, 0.717) is 30.5 Å². The number of primary amides is 1. The van der Waals surface area contributed by atoms with Crippen molar-refractivity contribution in [3.63, 3.8) is 0 Å². The number of carbonyl (C=O) groups is 1. The van der Waals surface area contributed by atoms with E-state index in [1.165, 1.54) is 24.3 Å². The van der Waals surface area contributed by atoms with Gasteiger partial charge < -0.3 is 10.8 Å². The van der Waals surface area contributed by atoms with Crippen LogP contribution in [0.2, 0.25) is 0 Å². The molecule has 28 heavy (non-hydrogen) atoms. The first kappa shape index (κ1) is 19.8. The monoisotopic (exact) mass is 407 g/mol. The third-order valence-corrected chi connectivity index (χ3v) is 8.70. The molecule has 3 aliphatic heterocycles. The Morgan fingerprint density at radius 1 is 1.14 bits per heavy atom. The first-order chi connectivity index (χ1) is 13.4. The minimum Gasteiger partial charge on any atom is -0.396 e. The molecular weight excluding hydrogens is 378 g/mol. The van der Waals surface area contributed by atoms with Gasteiger partial charge in [-0.15, -0.1) is 0 Å². The SMILES string of the molecule is NC(=O)c1ccc(S(=O)(=O)N2C[C@@H]3CCCN4CCC[C@@H]([C@H]34)[C@H]2CCO)cc1. The van der Waals surface area contributed by atoms with Crippen molar-refractivity contribution in [2.24, 2.45) is 17.6 Å². The number of piperidine rings is 3. The summed E-state index contributed by atoms with van der Waals surface area (Å²) >= 11 is 0. The van der Waals surface area contributed by atoms with Gasteiger partial charge in [0.15, 0.2) is 0 Å². The minimum absolute atomic E-state index is 0.0226. The fraction of sp³-hybridized carbons (Fsp3) is 0.650. The number of benzene rings is 1. The van der Waals surface area contributed by atoms with Gasteiger partial charge >= 0.3 is 0 Å². The van der Waals surface area contributed by atoms with Crippen molar-refractivity contribution in [1.82, 2.24) is 9.21 Å². The van der Waals surface area contributed by atoms with Crippen LogP contribution in [0, 0.1) is 11.8 Å². The molecule has 0 aliphatic carbocycles. The van der Waals surface area contributed by atoms with E-state index in [2.05, 4.69) is 4.90 Å². The van der Waals surface area contributed by atoms with Crippen LogP contribution in [0.3, 0.4) is 0 Å². The molecule has 7 nitrogen and oxygen atoms in total. The number of hydrogen-bond donors (Lipinski definition) is 2. The fourth-order valence-corrected chi connectivity index (χ4v) is 7.41. The molecule has 1 amide bonds. The quantitative estimate of drug-likeness (QED) is 0.759. The van der Waals surface area contributed by atoms with E-state index in [-0.39, 0.29) is 23.5 Å². The maximum Gasteiger partial charge on any atom is 0.248 e. The summed E-state index contributed by atoms with van der Waals surface area (Å²) in [5, 5.41) is 9.68. The van der Waals surface area contributed by atoms with Crippen molar-refractivity contribution < 1.29 is 18.3 Å². The van der Waals surface area contributed by atoms with Crippen molar-refractivity contribution in [2.45, 2.75) is 49.1 Å². The topological polar surface area (TPSA) is 104 Å². The zero-order chi connectivity index (χ0) is 19.9. The number of amides is 1. The summed E-state index contributed by atoms with van der Waals surface area (Å²) in [6.45, 7) is 2.68. The van der Waals surface area contributed by atoms with Gasteiger partial charge in [0.05, 0.1) is 4.90 Å². The third-order valence-electron chi connectivity index (χ3n) is 6.80. The molecule has 3 heterocycles. The van der Waals surface area contributed by atoms with Crippen molar-refractivity contribution in [3.8, 4) is 0 Å². The predicted molar refractivity (Wildman–Crippen MR) is 105 cm³/mol. The summed E-state index contributed by atoms with van der Waals surface area (Å²) in [7, 11) is -3.71. The predicted octanol–water partition coefficient (Wildman–Crippen LogP) is 1.03. The molecule has 4 atom stereocenters. The molecule has 0 radical (unpaired) electrons. The molecule has 154 valence electrons. The fourth-order valence-electron chi connectivity index (χ4n) is 5.65. The van der Waals surface area contributed by atoms with Crippen LogP contribution in [0.1, 0.15) is 42.5 Å². The van der Waals surface area contributed by atoms with Gasteiger partial charge in [-0.1, -0.05) is 0 Å². The summed E-state index contributed by atoms with van der Waals surface area (Å²) in [4.78, 5) is 14.0. The lowest BCUT2D eigenvalue weighted by Crippen LogP contribution is -2.65. The molecule has 0 aromatic heterocycles. The molecular formula is C20H29N3O4S. The Balaban J connectivity index is 1.68. The second-order valence-corrected chi connectivity index (χ2v) is 10.2. The van der Waals surface area contributed by atoms with Gasteiger partial charge in [-0.3, -0.25) is 9.69 Å². The van der Waals surface area contributed by atoms with Crippen molar-refractivity contribution >= 4 is 15.9 Å². The molecule has 1 aromatic carbocycles. The van der Waals surface area contributed by atoms with Gasteiger partial charge in [0, 0.05) is 30.8 Å². The van der Waals surface area contributed by atoms with Gasteiger partial charge in [-0.05, 0) is 81.3 Å². The van der Waals surface area contributed by atoms with Crippen LogP contribution in [-0.4, -0.2) is 67.0 Å². The number of aliphatic hydroxyl groups is 1. The first-order valence-corrected chi connectivity index (χ1v) is 11.6. The summed E-state index contributed by atoms with van der Waals surface area (Å²) in [6, 6.07) is 6.10. The smallest absolute Gasteiger partial charge is 0.248 e. The van der Waals surface area contributed by atoms with E-state index in [0.717, 1.165) is 38.8 Å². The summed E-state index contributed by atoms with van der Waals surface area (Å²) in [5.74, 6) is 0.0284. The van der Waals surface area contributed by atoms with Crippen molar-refractivity contribution in [3.05, 3.63) is 29.8 Å². The van der Waals surface area contributed by atoms with E-state index in [4.69, 9.17) is 5.73 Å². The Bertz CT molecular complexity index is 824. The average Bonchev–Trinajstić information content (AvgIpc) is 2.70. The first-order valence-electron chi connectivity index (χ1n) is 10.2. The number of nitrogens with zero attached hydrogens (tertiary/aromatic N) is 2. The highest BCUT2D eigenvalue weighted by atomic mass is 32.2. The van der Waals surface area contributed by atoms with Crippen molar-refractivity contribution in [2.75, 3.05) is 26.2 Å². The molecule has 0 saturated carbocycles. The van der Waals surface area contributed by atoms with Crippen molar-refractivity contribution in [1.29, 1.82) is 0 Å². The van der Waals surface area contributed by atoms with Gasteiger partial charge in [-0.2, -0.15) is 4.31 Å². The lowest BCUT2D eigenvalue weighted by molar-refractivity contribution is -0.0546. The molecule has 3 fully saturated rings. The molecule has 3 aliphatic rings. The minimum atomic E-state index is -3.71. The molecule has 0 bridgehead atoms. The van der Waals surface area contributed by atoms with Gasteiger partial charge in [0.1, 0.15) is 0 Å². The van der Waals surface area contributed by atoms with Crippen LogP contribution in [0.25, 0.3) is 0 Å². The molecule has 1 aromatic rings. The highest BCUT2D eigenvalue weighted by Crippen LogP contribution is 2.44. The van der Waals surface area contributed by atoms with Gasteiger partial charge in [0.25, 0.3) is 0 Å². The maximum atomic E-state index is 13.5. The van der Waals surface area contributed by atoms with Crippen LogP contribution in [0.5, 0.6) is 0 Å². The number of hydrogen-bond acceptors (Lipinski definition) is 5. The normalized spacial score (nSPS) is 31.3. The third kappa shape index (κ3) is 3.36. The Morgan fingerprint density at radius 2 is 1.82 bits per heavy atom. The Morgan fingerprint density at radius 3 is 2.46 bits per heavy atom. The standard InChI is InChI=1S/C20H29N3O4S/c21-20(25)14-5-7-16(8-6-14)28(26,27)23-13-15-3-1-10-22-11-2-4-17(19(15)22)18(23)9-12-24/h5-8,15,17-19,24H,1-4,9-13H2,(H2,21,25)/t15-,17+,18+,19-/m0/s1. The van der Waals surface area contributed by atoms with E-state index >= 15 is 0 Å². The number of nitrogens with two attached hydrogens (primary N) is 1. The lowest BCUT2D eigenvalue weighted by Gasteiger charge is -2.57. The Kier molecular flexibility index (Phi) is 5.48. The Hall–Kier alpha value is -1.48. The molecule has 3 N–H and O–H groups in total. The molecule has 0 unspecified atom stereocenters. The van der Waals surface area contributed by atoms with E-state index < -0.39 is 15.9 Å². The largest absolute Gasteiger partial charge is 0.396 e. The maximum absolute atomic E-state index is 13.5. The van der Waals surface area contributed by atoms with Crippen LogP contribution in [-0.2, 0) is 10.0 Å². The molecule has 8 heteroatoms. The van der Waals surface area contributed by atoms with Crippen LogP contribution in [0.4, 0.5) is 0 Å². The number of carbonyl (C=O) groups excluding carboxylic acids is 1. The highest BCUT2D eigenvalue weighted by Gasteiger charge is 2.51. The van der Waals surface area contributed by atoms with Crippen LogP contribution < -0.4 is 5.73 Å². The highest BCUT2D eigenvalue weighted by molar-refractivity contribution is 7.89. The summed E-state index contributed by atoms with van der Waals surface area (Å²) < 4.78 is 28.6. The van der Waals surface area contributed by atoms with E-state index in [9.17, 15) is 18.3 Å². The molecule has 0 spiro atoms. The molecule has 3 saturated heterocycles. The molecule has 4 rings (SSSR count). The van der Waals surface area contributed by atoms with E-state index in [1.54, 1.807) is 4.31 Å². The van der Waals surface area contributed by atoms with E-state index in [1.807, 2.05) is 0 Å². The second-order valence-electron chi connectivity index (χ2n) is 8.28. The number of aliphatic hydroxyl groups excluding tert-OH is 1. The second kappa shape index (κ2) is 7.74. The number of sulfonamides is 1. The van der Waals surface area contributed by atoms with Crippen LogP contribution >= 0.6 is 0 Å². The lowest BCUT2D eigenvalue weighted by atomic mass is 9.70. The number of rotatable bonds is 5. The van der Waals surface area contributed by atoms with Crippen LogP contribution in [0.15, 0.2) is 29.2 Å². The zero-order valence-electron chi connectivity index (χ0n) is 16.0. The van der Waals surface area contributed by atoms with Gasteiger partial charge in [0.2, 0.25) is 15.9 Å². The summed E-state index contributed by atoms with van der Waals surface area (Å²) in [6.07, 6.45) is 4.71. The van der Waals surface area contributed by atoms with Gasteiger partial charge in [-0.25, -0.2) is 8.42 Å². The Labute approximate surface area is 166 Å². The zero-order valence-corrected chi connectivity index (χ0v) is 16.9. The average molecular weight is 408 g/mol. The summed E-state index contributed by atoms with van der Waals surface area (Å²) in [5.41, 5.74) is 5.57.